The minimum atomic E-state index is -2.53. The summed E-state index contributed by atoms with van der Waals surface area (Å²) in [5, 5.41) is 0.652. The number of allylic oxidation sites excluding steroid dienone is 2. The zero-order valence-electron chi connectivity index (χ0n) is 9.06. The lowest BCUT2D eigenvalue weighted by Crippen LogP contribution is -2.18. The minimum Gasteiger partial charge on any atom is -0.207 e. The molecule has 0 unspecified atom stereocenters. The van der Waals surface area contributed by atoms with E-state index in [1.807, 2.05) is 25.1 Å². The smallest absolute Gasteiger partial charge is 0.207 e. The number of aryl methyl sites for hydroxylation is 1. The standard InChI is InChI=1S/C13H13ClF2/c1-9-2-3-11(14)8-12(9)10-4-6-13(15,16)7-5-10/h2-4,8H,5-7H2,1H3. The molecule has 0 aromatic heterocycles. The molecule has 16 heavy (non-hydrogen) atoms. The maximum absolute atomic E-state index is 13.0. The van der Waals surface area contributed by atoms with Crippen LogP contribution < -0.4 is 0 Å². The van der Waals surface area contributed by atoms with Crippen LogP contribution in [0, 0.1) is 6.92 Å². The van der Waals surface area contributed by atoms with E-state index >= 15 is 0 Å². The van der Waals surface area contributed by atoms with Crippen molar-refractivity contribution in [2.24, 2.45) is 0 Å². The van der Waals surface area contributed by atoms with Gasteiger partial charge in [-0.15, -0.1) is 0 Å². The van der Waals surface area contributed by atoms with Crippen LogP contribution in [0.4, 0.5) is 8.78 Å². The summed E-state index contributed by atoms with van der Waals surface area (Å²) in [4.78, 5) is 0. The van der Waals surface area contributed by atoms with Gasteiger partial charge in [-0.05, 0) is 42.2 Å². The lowest BCUT2D eigenvalue weighted by atomic mass is 9.89. The van der Waals surface area contributed by atoms with Crippen molar-refractivity contribution in [1.29, 1.82) is 0 Å². The lowest BCUT2D eigenvalue weighted by Gasteiger charge is -2.22. The Morgan fingerprint density at radius 2 is 2.06 bits per heavy atom. The summed E-state index contributed by atoms with van der Waals surface area (Å²) in [6.45, 7) is 1.97. The normalized spacial score (nSPS) is 19.4. The van der Waals surface area contributed by atoms with E-state index in [4.69, 9.17) is 11.6 Å². The second-order valence-corrected chi connectivity index (χ2v) is 4.69. The highest BCUT2D eigenvalue weighted by atomic mass is 35.5. The minimum absolute atomic E-state index is 0.0647. The SMILES string of the molecule is Cc1ccc(Cl)cc1C1=CCC(F)(F)CC1. The number of hydrogen-bond acceptors (Lipinski definition) is 0. The molecule has 0 saturated heterocycles. The van der Waals surface area contributed by atoms with Gasteiger partial charge < -0.3 is 0 Å². The van der Waals surface area contributed by atoms with Gasteiger partial charge in [-0.2, -0.15) is 0 Å². The molecule has 0 radical (unpaired) electrons. The number of rotatable bonds is 1. The summed E-state index contributed by atoms with van der Waals surface area (Å²) < 4.78 is 26.0. The average molecular weight is 243 g/mol. The largest absolute Gasteiger partial charge is 0.251 e. The molecule has 3 heteroatoms. The van der Waals surface area contributed by atoms with Gasteiger partial charge in [-0.3, -0.25) is 0 Å². The number of halogens is 3. The van der Waals surface area contributed by atoms with E-state index in [1.165, 1.54) is 0 Å². The molecule has 0 atom stereocenters. The highest BCUT2D eigenvalue weighted by Gasteiger charge is 2.31. The monoisotopic (exact) mass is 242 g/mol. The molecule has 0 fully saturated rings. The van der Waals surface area contributed by atoms with Crippen LogP contribution in [0.2, 0.25) is 5.02 Å². The Morgan fingerprint density at radius 3 is 2.69 bits per heavy atom. The molecular weight excluding hydrogens is 230 g/mol. The molecule has 0 N–H and O–H groups in total. The van der Waals surface area contributed by atoms with Crippen molar-refractivity contribution in [3.05, 3.63) is 40.4 Å². The maximum atomic E-state index is 13.0. The second-order valence-electron chi connectivity index (χ2n) is 4.25. The zero-order chi connectivity index (χ0) is 11.8. The summed E-state index contributed by atoms with van der Waals surface area (Å²) in [6.07, 6.45) is 1.84. The van der Waals surface area contributed by atoms with E-state index in [-0.39, 0.29) is 12.8 Å². The summed E-state index contributed by atoms with van der Waals surface area (Å²) in [5.74, 6) is -2.53. The molecule has 1 aromatic rings. The fraction of sp³-hybridized carbons (Fsp3) is 0.385. The predicted molar refractivity (Wildman–Crippen MR) is 63.0 cm³/mol. The molecule has 1 aromatic carbocycles. The van der Waals surface area contributed by atoms with Crippen LogP contribution in [-0.4, -0.2) is 5.92 Å². The van der Waals surface area contributed by atoms with Crippen molar-refractivity contribution in [3.63, 3.8) is 0 Å². The first-order valence-electron chi connectivity index (χ1n) is 5.31. The molecule has 0 bridgehead atoms. The van der Waals surface area contributed by atoms with Gasteiger partial charge in [-0.1, -0.05) is 23.7 Å². The Bertz CT molecular complexity index is 436. The van der Waals surface area contributed by atoms with E-state index in [0.717, 1.165) is 16.7 Å². The van der Waals surface area contributed by atoms with Crippen LogP contribution in [-0.2, 0) is 0 Å². The third kappa shape index (κ3) is 2.43. The quantitative estimate of drug-likeness (QED) is 0.660. The van der Waals surface area contributed by atoms with E-state index in [9.17, 15) is 8.78 Å². The molecule has 86 valence electrons. The molecule has 0 spiro atoms. The van der Waals surface area contributed by atoms with Crippen molar-refractivity contribution in [3.8, 4) is 0 Å². The molecule has 1 aliphatic rings. The molecule has 0 amide bonds. The third-order valence-corrected chi connectivity index (χ3v) is 3.19. The van der Waals surface area contributed by atoms with Gasteiger partial charge in [0.2, 0.25) is 0 Å². The third-order valence-electron chi connectivity index (χ3n) is 2.95. The molecular formula is C13H13ClF2. The lowest BCUT2D eigenvalue weighted by molar-refractivity contribution is -0.00603. The Labute approximate surface area is 98.9 Å². The van der Waals surface area contributed by atoms with Crippen molar-refractivity contribution in [2.75, 3.05) is 0 Å². The van der Waals surface area contributed by atoms with Gasteiger partial charge in [0.15, 0.2) is 0 Å². The summed E-state index contributed by atoms with van der Waals surface area (Å²) in [6, 6.07) is 5.59. The van der Waals surface area contributed by atoms with Gasteiger partial charge >= 0.3 is 0 Å². The Kier molecular flexibility index (Phi) is 3.02. The molecule has 2 rings (SSSR count). The first kappa shape index (κ1) is 11.6. The van der Waals surface area contributed by atoms with Crippen LogP contribution in [0.15, 0.2) is 24.3 Å². The summed E-state index contributed by atoms with van der Waals surface area (Å²) in [5.41, 5.74) is 3.08. The maximum Gasteiger partial charge on any atom is 0.251 e. The van der Waals surface area contributed by atoms with Crippen LogP contribution in [0.3, 0.4) is 0 Å². The molecule has 1 aliphatic carbocycles. The molecule has 0 saturated carbocycles. The first-order chi connectivity index (χ1) is 7.48. The van der Waals surface area contributed by atoms with Crippen LogP contribution in [0.25, 0.3) is 5.57 Å². The van der Waals surface area contributed by atoms with Gasteiger partial charge in [0, 0.05) is 17.9 Å². The van der Waals surface area contributed by atoms with Crippen LogP contribution in [0.1, 0.15) is 30.4 Å². The fourth-order valence-electron chi connectivity index (χ4n) is 1.98. The highest BCUT2D eigenvalue weighted by molar-refractivity contribution is 6.30. The van der Waals surface area contributed by atoms with E-state index < -0.39 is 5.92 Å². The van der Waals surface area contributed by atoms with E-state index in [2.05, 4.69) is 0 Å². The van der Waals surface area contributed by atoms with E-state index in [0.29, 0.717) is 11.4 Å². The Morgan fingerprint density at radius 1 is 1.31 bits per heavy atom. The second kappa shape index (κ2) is 4.17. The average Bonchev–Trinajstić information content (AvgIpc) is 2.22. The number of hydrogen-bond donors (Lipinski definition) is 0. The van der Waals surface area contributed by atoms with Crippen molar-refractivity contribution < 1.29 is 8.78 Å². The fourth-order valence-corrected chi connectivity index (χ4v) is 2.15. The number of alkyl halides is 2. The number of benzene rings is 1. The van der Waals surface area contributed by atoms with Crippen LogP contribution >= 0.6 is 11.6 Å². The van der Waals surface area contributed by atoms with E-state index in [1.54, 1.807) is 6.08 Å². The summed E-state index contributed by atoms with van der Waals surface area (Å²) >= 11 is 5.92. The van der Waals surface area contributed by atoms with Crippen molar-refractivity contribution in [2.45, 2.75) is 32.1 Å². The highest BCUT2D eigenvalue weighted by Crippen LogP contribution is 2.37. The first-order valence-corrected chi connectivity index (χ1v) is 5.69. The van der Waals surface area contributed by atoms with Gasteiger partial charge in [0.25, 0.3) is 5.92 Å². The van der Waals surface area contributed by atoms with Crippen molar-refractivity contribution in [1.82, 2.24) is 0 Å². The summed E-state index contributed by atoms with van der Waals surface area (Å²) in [7, 11) is 0. The molecule has 0 aliphatic heterocycles. The molecule has 0 nitrogen and oxygen atoms in total. The van der Waals surface area contributed by atoms with Crippen molar-refractivity contribution >= 4 is 17.2 Å². The van der Waals surface area contributed by atoms with Gasteiger partial charge in [0.05, 0.1) is 0 Å². The predicted octanol–water partition coefficient (Wildman–Crippen LogP) is 4.85. The van der Waals surface area contributed by atoms with Crippen LogP contribution in [0.5, 0.6) is 0 Å². The Hall–Kier alpha value is -0.890. The molecule has 0 heterocycles. The topological polar surface area (TPSA) is 0 Å². The van der Waals surface area contributed by atoms with Gasteiger partial charge in [0.1, 0.15) is 0 Å². The zero-order valence-corrected chi connectivity index (χ0v) is 9.82. The van der Waals surface area contributed by atoms with Gasteiger partial charge in [-0.25, -0.2) is 8.78 Å². The Balaban J connectivity index is 2.32.